The van der Waals surface area contributed by atoms with Crippen LogP contribution in [0.2, 0.25) is 0 Å². The van der Waals surface area contributed by atoms with Crippen molar-refractivity contribution in [1.29, 1.82) is 5.26 Å². The van der Waals surface area contributed by atoms with Gasteiger partial charge in [-0.3, -0.25) is 4.79 Å². The fourth-order valence-electron chi connectivity index (χ4n) is 4.05. The van der Waals surface area contributed by atoms with Crippen LogP contribution in [0.1, 0.15) is 29.5 Å². The fourth-order valence-corrected chi connectivity index (χ4v) is 4.05. The van der Waals surface area contributed by atoms with Gasteiger partial charge in [-0.25, -0.2) is 0 Å². The number of hydrogen-bond donors (Lipinski definition) is 2. The largest absolute Gasteiger partial charge is 0.480 e. The van der Waals surface area contributed by atoms with Crippen molar-refractivity contribution in [2.24, 2.45) is 0 Å². The first-order valence-corrected chi connectivity index (χ1v) is 11.2. The molecule has 0 aliphatic heterocycles. The van der Waals surface area contributed by atoms with Crippen molar-refractivity contribution >= 4 is 22.5 Å². The van der Waals surface area contributed by atoms with Crippen LogP contribution in [0.15, 0.2) is 79.0 Å². The van der Waals surface area contributed by atoms with E-state index in [1.807, 2.05) is 38.5 Å². The summed E-state index contributed by atoms with van der Waals surface area (Å²) >= 11 is 0. The van der Waals surface area contributed by atoms with E-state index in [1.165, 1.54) is 0 Å². The highest BCUT2D eigenvalue weighted by molar-refractivity contribution is 5.85. The summed E-state index contributed by atoms with van der Waals surface area (Å²) in [5.74, 6) is 0.123. The van der Waals surface area contributed by atoms with E-state index in [4.69, 9.17) is 4.74 Å². The van der Waals surface area contributed by atoms with E-state index < -0.39 is 6.10 Å². The Bertz CT molecular complexity index is 1320. The number of carbonyl (C=O) groups is 1. The Morgan fingerprint density at radius 1 is 1.06 bits per heavy atom. The van der Waals surface area contributed by atoms with Gasteiger partial charge >= 0.3 is 0 Å². The number of aromatic nitrogens is 1. The molecule has 4 aromatic rings. The highest BCUT2D eigenvalue weighted by Crippen LogP contribution is 2.31. The summed E-state index contributed by atoms with van der Waals surface area (Å²) < 4.78 is 5.79. The molecule has 1 amide bonds. The third-order valence-electron chi connectivity index (χ3n) is 5.97. The summed E-state index contributed by atoms with van der Waals surface area (Å²) in [6.45, 7) is 2.10. The summed E-state index contributed by atoms with van der Waals surface area (Å²) in [6, 6.07) is 25.6. The van der Waals surface area contributed by atoms with Crippen molar-refractivity contribution < 1.29 is 9.53 Å². The highest BCUT2D eigenvalue weighted by atomic mass is 16.5. The number of nitrogens with zero attached hydrogens (tertiary/aromatic N) is 2. The molecule has 0 saturated carbocycles. The number of H-pyrrole nitrogens is 1. The molecule has 0 saturated heterocycles. The minimum absolute atomic E-state index is 0.0464. The Morgan fingerprint density at radius 3 is 2.50 bits per heavy atom. The lowest BCUT2D eigenvalue weighted by Gasteiger charge is -2.21. The molecule has 0 spiro atoms. The van der Waals surface area contributed by atoms with E-state index in [1.54, 1.807) is 31.2 Å². The summed E-state index contributed by atoms with van der Waals surface area (Å²) in [4.78, 5) is 18.3. The van der Waals surface area contributed by atoms with Gasteiger partial charge in [-0.1, -0.05) is 42.5 Å². The van der Waals surface area contributed by atoms with E-state index in [2.05, 4.69) is 51.6 Å². The number of fused-ring (bicyclic) bond motifs is 1. The second-order valence-corrected chi connectivity index (χ2v) is 8.44. The molecule has 4 rings (SSSR count). The zero-order valence-electron chi connectivity index (χ0n) is 19.6. The number of ether oxygens (including phenoxy) is 1. The summed E-state index contributed by atoms with van der Waals surface area (Å²) in [6.07, 6.45) is 1.28. The van der Waals surface area contributed by atoms with Gasteiger partial charge in [0.15, 0.2) is 6.10 Å². The van der Waals surface area contributed by atoms with Gasteiger partial charge in [-0.05, 0) is 48.4 Å². The molecule has 3 aromatic carbocycles. The van der Waals surface area contributed by atoms with E-state index in [9.17, 15) is 10.1 Å². The van der Waals surface area contributed by atoms with E-state index in [0.717, 1.165) is 27.7 Å². The standard InChI is InChI=1S/C28H28N4O2/c1-19(34-27-11-7-4-8-21(27)16-29)28(33)31-17-24(20-12-14-22(15-13-20)32(2)3)25-18-30-26-10-6-5-9-23(25)26/h4-15,18-19,24,30H,17H2,1-3H3,(H,31,33). The van der Waals surface area contributed by atoms with Crippen molar-refractivity contribution in [1.82, 2.24) is 10.3 Å². The molecule has 2 unspecified atom stereocenters. The van der Waals surface area contributed by atoms with Crippen LogP contribution >= 0.6 is 0 Å². The number of amides is 1. The third kappa shape index (κ3) is 4.89. The van der Waals surface area contributed by atoms with Gasteiger partial charge in [0.25, 0.3) is 5.91 Å². The average Bonchev–Trinajstić information content (AvgIpc) is 3.28. The topological polar surface area (TPSA) is 81.2 Å². The van der Waals surface area contributed by atoms with Crippen LogP contribution in [-0.4, -0.2) is 37.6 Å². The molecule has 34 heavy (non-hydrogen) atoms. The number of rotatable bonds is 8. The van der Waals surface area contributed by atoms with Gasteiger partial charge in [0.1, 0.15) is 11.8 Å². The van der Waals surface area contributed by atoms with Gasteiger partial charge in [0.2, 0.25) is 0 Å². The number of para-hydroxylation sites is 2. The monoisotopic (exact) mass is 452 g/mol. The molecule has 0 bridgehead atoms. The lowest BCUT2D eigenvalue weighted by molar-refractivity contribution is -0.127. The number of carbonyl (C=O) groups excluding carboxylic acids is 1. The first-order chi connectivity index (χ1) is 16.5. The van der Waals surface area contributed by atoms with E-state index >= 15 is 0 Å². The smallest absolute Gasteiger partial charge is 0.260 e. The predicted molar refractivity (Wildman–Crippen MR) is 135 cm³/mol. The minimum atomic E-state index is -0.741. The molecule has 0 radical (unpaired) electrons. The maximum absolute atomic E-state index is 12.9. The van der Waals surface area contributed by atoms with Crippen LogP contribution in [-0.2, 0) is 4.79 Å². The predicted octanol–water partition coefficient (Wildman–Crippen LogP) is 4.82. The Labute approximate surface area is 199 Å². The Morgan fingerprint density at radius 2 is 1.76 bits per heavy atom. The quantitative estimate of drug-likeness (QED) is 0.402. The Hall–Kier alpha value is -4.24. The van der Waals surface area contributed by atoms with Crippen LogP contribution in [0.25, 0.3) is 10.9 Å². The van der Waals surface area contributed by atoms with E-state index in [0.29, 0.717) is 17.9 Å². The van der Waals surface area contributed by atoms with Gasteiger partial charge in [-0.15, -0.1) is 0 Å². The summed E-state index contributed by atoms with van der Waals surface area (Å²) in [5, 5.41) is 13.5. The second-order valence-electron chi connectivity index (χ2n) is 8.44. The number of anilines is 1. The van der Waals surface area contributed by atoms with Crippen LogP contribution in [0.5, 0.6) is 5.75 Å². The van der Waals surface area contributed by atoms with Crippen LogP contribution in [0.4, 0.5) is 5.69 Å². The number of aromatic amines is 1. The van der Waals surface area contributed by atoms with Crippen LogP contribution in [0.3, 0.4) is 0 Å². The first kappa shape index (κ1) is 22.9. The molecule has 2 atom stereocenters. The third-order valence-corrected chi connectivity index (χ3v) is 5.97. The number of benzene rings is 3. The van der Waals surface area contributed by atoms with Crippen molar-refractivity contribution in [3.8, 4) is 11.8 Å². The van der Waals surface area contributed by atoms with Crippen molar-refractivity contribution in [2.75, 3.05) is 25.5 Å². The molecule has 1 aromatic heterocycles. The first-order valence-electron chi connectivity index (χ1n) is 11.2. The van der Waals surface area contributed by atoms with Gasteiger partial charge in [-0.2, -0.15) is 5.26 Å². The normalized spacial score (nSPS) is 12.5. The second kappa shape index (κ2) is 10.1. The van der Waals surface area contributed by atoms with Crippen molar-refractivity contribution in [3.63, 3.8) is 0 Å². The molecular weight excluding hydrogens is 424 g/mol. The molecule has 0 aliphatic carbocycles. The maximum atomic E-state index is 12.9. The zero-order chi connectivity index (χ0) is 24.1. The lowest BCUT2D eigenvalue weighted by atomic mass is 9.90. The minimum Gasteiger partial charge on any atom is -0.480 e. The van der Waals surface area contributed by atoms with Crippen molar-refractivity contribution in [2.45, 2.75) is 18.9 Å². The highest BCUT2D eigenvalue weighted by Gasteiger charge is 2.22. The van der Waals surface area contributed by atoms with Crippen LogP contribution in [0, 0.1) is 11.3 Å². The maximum Gasteiger partial charge on any atom is 0.260 e. The molecule has 172 valence electrons. The molecule has 0 fully saturated rings. The molecule has 2 N–H and O–H groups in total. The Kier molecular flexibility index (Phi) is 6.84. The summed E-state index contributed by atoms with van der Waals surface area (Å²) in [7, 11) is 4.02. The molecule has 6 heteroatoms. The van der Waals surface area contributed by atoms with Crippen LogP contribution < -0.4 is 15.0 Å². The van der Waals surface area contributed by atoms with Gasteiger partial charge in [0.05, 0.1) is 5.56 Å². The lowest BCUT2D eigenvalue weighted by Crippen LogP contribution is -2.38. The fraction of sp³-hybridized carbons (Fsp3) is 0.214. The Balaban J connectivity index is 1.56. The number of nitriles is 1. The van der Waals surface area contributed by atoms with Gasteiger partial charge in [0, 0.05) is 49.3 Å². The number of hydrogen-bond acceptors (Lipinski definition) is 4. The SMILES string of the molecule is CC(Oc1ccccc1C#N)C(=O)NCC(c1ccc(N(C)C)cc1)c1c[nH]c2ccccc12. The average molecular weight is 453 g/mol. The van der Waals surface area contributed by atoms with Crippen molar-refractivity contribution in [3.05, 3.63) is 95.7 Å². The summed E-state index contributed by atoms with van der Waals surface area (Å²) in [5.41, 5.74) is 4.81. The molecular formula is C28H28N4O2. The molecule has 1 heterocycles. The molecule has 0 aliphatic rings. The van der Waals surface area contributed by atoms with E-state index in [-0.39, 0.29) is 11.8 Å². The molecule has 6 nitrogen and oxygen atoms in total. The van der Waals surface area contributed by atoms with Gasteiger partial charge < -0.3 is 19.9 Å². The zero-order valence-corrected chi connectivity index (χ0v) is 19.6. The number of nitrogens with one attached hydrogen (secondary N) is 2.